The van der Waals surface area contributed by atoms with E-state index in [-0.39, 0.29) is 22.8 Å². The fourth-order valence-corrected chi connectivity index (χ4v) is 4.38. The number of hydrazone groups is 1. The Morgan fingerprint density at radius 1 is 1.06 bits per heavy atom. The van der Waals surface area contributed by atoms with Crippen molar-refractivity contribution < 1.29 is 27.9 Å². The molecule has 10 heteroatoms. The van der Waals surface area contributed by atoms with Gasteiger partial charge in [0.2, 0.25) is 15.9 Å². The maximum absolute atomic E-state index is 12.6. The molecule has 9 nitrogen and oxygen atoms in total. The van der Waals surface area contributed by atoms with E-state index >= 15 is 0 Å². The highest BCUT2D eigenvalue weighted by Crippen LogP contribution is 2.18. The zero-order valence-electron chi connectivity index (χ0n) is 16.7. The lowest BCUT2D eigenvalue weighted by molar-refractivity contribution is -0.121. The SMILES string of the molecule is O=C(CCc1ccc(S(=O)(=O)N2CCOCC2)cc1)N/N=C/c1ccc(C(=O)O)cc1. The molecule has 2 N–H and O–H groups in total. The van der Waals surface area contributed by atoms with Gasteiger partial charge in [0.25, 0.3) is 0 Å². The summed E-state index contributed by atoms with van der Waals surface area (Å²) >= 11 is 0. The maximum atomic E-state index is 12.6. The number of carbonyl (C=O) groups is 2. The molecule has 0 spiro atoms. The van der Waals surface area contributed by atoms with Gasteiger partial charge in [0.05, 0.1) is 29.9 Å². The van der Waals surface area contributed by atoms with Crippen LogP contribution in [0.2, 0.25) is 0 Å². The first-order chi connectivity index (χ1) is 14.9. The molecule has 1 heterocycles. The Hall–Kier alpha value is -3.08. The van der Waals surface area contributed by atoms with Crippen LogP contribution in [0.15, 0.2) is 58.5 Å². The van der Waals surface area contributed by atoms with Crippen molar-refractivity contribution in [2.24, 2.45) is 5.10 Å². The number of sulfonamides is 1. The zero-order chi connectivity index (χ0) is 22.3. The van der Waals surface area contributed by atoms with E-state index in [1.807, 2.05) is 0 Å². The first kappa shape index (κ1) is 22.6. The number of ether oxygens (including phenoxy) is 1. The number of hydrogen-bond acceptors (Lipinski definition) is 6. The average molecular weight is 445 g/mol. The number of carboxylic acid groups (broad SMARTS) is 1. The first-order valence-corrected chi connectivity index (χ1v) is 11.1. The van der Waals surface area contributed by atoms with Crippen molar-refractivity contribution in [3.05, 3.63) is 65.2 Å². The lowest BCUT2D eigenvalue weighted by Crippen LogP contribution is -2.40. The van der Waals surface area contributed by atoms with E-state index < -0.39 is 16.0 Å². The highest BCUT2D eigenvalue weighted by Gasteiger charge is 2.26. The molecule has 2 aromatic rings. The molecule has 0 bridgehead atoms. The number of hydrogen-bond donors (Lipinski definition) is 2. The second-order valence-electron chi connectivity index (χ2n) is 6.88. The first-order valence-electron chi connectivity index (χ1n) is 9.68. The van der Waals surface area contributed by atoms with Gasteiger partial charge in [0.1, 0.15) is 0 Å². The largest absolute Gasteiger partial charge is 0.478 e. The van der Waals surface area contributed by atoms with Crippen molar-refractivity contribution in [1.29, 1.82) is 0 Å². The number of rotatable bonds is 8. The maximum Gasteiger partial charge on any atom is 0.335 e. The van der Waals surface area contributed by atoms with Crippen LogP contribution in [0.4, 0.5) is 0 Å². The summed E-state index contributed by atoms with van der Waals surface area (Å²) in [5.41, 5.74) is 4.08. The van der Waals surface area contributed by atoms with Crippen LogP contribution in [0.25, 0.3) is 0 Å². The van der Waals surface area contributed by atoms with Crippen LogP contribution >= 0.6 is 0 Å². The number of carbonyl (C=O) groups excluding carboxylic acids is 1. The fourth-order valence-electron chi connectivity index (χ4n) is 2.97. The number of morpholine rings is 1. The minimum absolute atomic E-state index is 0.171. The number of nitrogens with zero attached hydrogens (tertiary/aromatic N) is 2. The molecule has 1 amide bonds. The molecule has 0 unspecified atom stereocenters. The van der Waals surface area contributed by atoms with Gasteiger partial charge in [-0.15, -0.1) is 0 Å². The lowest BCUT2D eigenvalue weighted by atomic mass is 10.1. The molecule has 31 heavy (non-hydrogen) atoms. The minimum atomic E-state index is -3.53. The summed E-state index contributed by atoms with van der Waals surface area (Å²) in [6.45, 7) is 1.47. The van der Waals surface area contributed by atoms with Gasteiger partial charge in [-0.3, -0.25) is 4.79 Å². The van der Waals surface area contributed by atoms with E-state index in [9.17, 15) is 18.0 Å². The Bertz CT molecular complexity index is 1040. The monoisotopic (exact) mass is 445 g/mol. The number of carboxylic acids is 1. The van der Waals surface area contributed by atoms with Gasteiger partial charge in [0, 0.05) is 19.5 Å². The molecule has 1 aliphatic heterocycles. The van der Waals surface area contributed by atoms with E-state index in [2.05, 4.69) is 10.5 Å². The van der Waals surface area contributed by atoms with Gasteiger partial charge in [-0.05, 0) is 41.8 Å². The molecule has 3 rings (SSSR count). The third-order valence-electron chi connectivity index (χ3n) is 4.73. The summed E-state index contributed by atoms with van der Waals surface area (Å²) in [7, 11) is -3.53. The van der Waals surface area contributed by atoms with Gasteiger partial charge < -0.3 is 9.84 Å². The average Bonchev–Trinajstić information content (AvgIpc) is 2.79. The normalized spacial score (nSPS) is 15.1. The van der Waals surface area contributed by atoms with E-state index in [0.717, 1.165) is 5.56 Å². The summed E-state index contributed by atoms with van der Waals surface area (Å²) in [5, 5.41) is 12.7. The van der Waals surface area contributed by atoms with Gasteiger partial charge in [0.15, 0.2) is 0 Å². The topological polar surface area (TPSA) is 125 Å². The number of aryl methyl sites for hydroxylation is 1. The van der Waals surface area contributed by atoms with Gasteiger partial charge >= 0.3 is 5.97 Å². The molecule has 2 aromatic carbocycles. The quantitative estimate of drug-likeness (QED) is 0.468. The summed E-state index contributed by atoms with van der Waals surface area (Å²) in [6, 6.07) is 12.6. The van der Waals surface area contributed by atoms with Gasteiger partial charge in [-0.2, -0.15) is 9.41 Å². The van der Waals surface area contributed by atoms with Crippen molar-refractivity contribution in [2.45, 2.75) is 17.7 Å². The van der Waals surface area contributed by atoms with Crippen LogP contribution in [-0.2, 0) is 26.0 Å². The second kappa shape index (κ2) is 10.3. The van der Waals surface area contributed by atoms with Crippen LogP contribution in [0.1, 0.15) is 27.9 Å². The second-order valence-corrected chi connectivity index (χ2v) is 8.82. The Morgan fingerprint density at radius 3 is 2.32 bits per heavy atom. The van der Waals surface area contributed by atoms with Crippen LogP contribution in [0, 0.1) is 0 Å². The number of nitrogens with one attached hydrogen (secondary N) is 1. The van der Waals surface area contributed by atoms with Crippen LogP contribution in [0.5, 0.6) is 0 Å². The lowest BCUT2D eigenvalue weighted by Gasteiger charge is -2.26. The highest BCUT2D eigenvalue weighted by molar-refractivity contribution is 7.89. The summed E-state index contributed by atoms with van der Waals surface area (Å²) < 4.78 is 31.8. The standard InChI is InChI=1S/C21H23N3O6S/c25-20(23-22-15-17-1-6-18(7-2-17)21(26)27)10-5-16-3-8-19(9-4-16)31(28,29)24-11-13-30-14-12-24/h1-4,6-9,15H,5,10-14H2,(H,23,25)(H,26,27)/b22-15+. The molecule has 0 aromatic heterocycles. The van der Waals surface area contributed by atoms with Crippen molar-refractivity contribution in [2.75, 3.05) is 26.3 Å². The summed E-state index contributed by atoms with van der Waals surface area (Å²) in [4.78, 5) is 23.0. The van der Waals surface area contributed by atoms with Crippen LogP contribution in [-0.4, -0.2) is 62.2 Å². The van der Waals surface area contributed by atoms with Crippen LogP contribution in [0.3, 0.4) is 0 Å². The number of benzene rings is 2. The zero-order valence-corrected chi connectivity index (χ0v) is 17.5. The molecule has 164 valence electrons. The molecular formula is C21H23N3O6S. The van der Waals surface area contributed by atoms with Crippen LogP contribution < -0.4 is 5.43 Å². The minimum Gasteiger partial charge on any atom is -0.478 e. The molecule has 1 saturated heterocycles. The predicted molar refractivity (Wildman–Crippen MR) is 113 cm³/mol. The van der Waals surface area contributed by atoms with Gasteiger partial charge in [-0.25, -0.2) is 18.6 Å². The highest BCUT2D eigenvalue weighted by atomic mass is 32.2. The molecule has 0 saturated carbocycles. The molecule has 1 fully saturated rings. The predicted octanol–water partition coefficient (Wildman–Crippen LogP) is 1.49. The molecule has 0 atom stereocenters. The Labute approximate surface area is 180 Å². The smallest absolute Gasteiger partial charge is 0.335 e. The number of amides is 1. The Balaban J connectivity index is 1.48. The van der Waals surface area contributed by atoms with E-state index in [0.29, 0.717) is 38.3 Å². The summed E-state index contributed by atoms with van der Waals surface area (Å²) in [5.74, 6) is -1.30. The van der Waals surface area contributed by atoms with E-state index in [1.54, 1.807) is 36.4 Å². The van der Waals surface area contributed by atoms with E-state index in [4.69, 9.17) is 9.84 Å². The molecule has 1 aliphatic rings. The van der Waals surface area contributed by atoms with E-state index in [1.165, 1.54) is 22.7 Å². The third kappa shape index (κ3) is 6.20. The van der Waals surface area contributed by atoms with Crippen molar-refractivity contribution in [1.82, 2.24) is 9.73 Å². The van der Waals surface area contributed by atoms with Crippen molar-refractivity contribution in [3.63, 3.8) is 0 Å². The number of aromatic carboxylic acids is 1. The molecular weight excluding hydrogens is 422 g/mol. The Morgan fingerprint density at radius 2 is 1.71 bits per heavy atom. The summed E-state index contributed by atoms with van der Waals surface area (Å²) in [6.07, 6.45) is 2.05. The van der Waals surface area contributed by atoms with Crippen molar-refractivity contribution >= 4 is 28.1 Å². The van der Waals surface area contributed by atoms with Crippen molar-refractivity contribution in [3.8, 4) is 0 Å². The molecule has 0 radical (unpaired) electrons. The Kier molecular flexibility index (Phi) is 7.50. The molecule has 0 aliphatic carbocycles. The fraction of sp³-hybridized carbons (Fsp3) is 0.286. The van der Waals surface area contributed by atoms with Gasteiger partial charge in [-0.1, -0.05) is 24.3 Å². The third-order valence-corrected chi connectivity index (χ3v) is 6.65.